The van der Waals surface area contributed by atoms with Gasteiger partial charge in [-0.25, -0.2) is 4.79 Å². The molecule has 2 N–H and O–H groups in total. The lowest BCUT2D eigenvalue weighted by Crippen LogP contribution is -2.74. The molecule has 5 atom stereocenters. The smallest absolute Gasteiger partial charge is 0.349 e. The number of carboxylic acid groups (broad SMARTS) is 1. The van der Waals surface area contributed by atoms with E-state index in [0.717, 1.165) is 17.7 Å². The first-order chi connectivity index (χ1) is 19.2. The van der Waals surface area contributed by atoms with Crippen LogP contribution in [0.3, 0.4) is 0 Å². The maximum absolute atomic E-state index is 12.9. The fourth-order valence-corrected chi connectivity index (χ4v) is 7.05. The van der Waals surface area contributed by atoms with Crippen molar-refractivity contribution in [1.29, 1.82) is 0 Å². The number of hydrogen-bond donors (Lipinski definition) is 2. The Kier molecular flexibility index (Phi) is 6.35. The first-order valence-electron chi connectivity index (χ1n) is 13.4. The Morgan fingerprint density at radius 1 is 1.12 bits per heavy atom. The molecule has 2 aliphatic heterocycles. The van der Waals surface area contributed by atoms with Crippen LogP contribution in [-0.2, 0) is 35.7 Å². The van der Waals surface area contributed by atoms with Crippen molar-refractivity contribution in [3.63, 3.8) is 0 Å². The van der Waals surface area contributed by atoms with Crippen molar-refractivity contribution in [2.45, 2.75) is 61.4 Å². The molecule has 0 radical (unpaired) electrons. The van der Waals surface area contributed by atoms with Crippen molar-refractivity contribution in [2.75, 3.05) is 20.7 Å². The van der Waals surface area contributed by atoms with Crippen molar-refractivity contribution in [3.05, 3.63) is 71.0 Å². The van der Waals surface area contributed by atoms with Crippen LogP contribution in [0.1, 0.15) is 48.5 Å². The van der Waals surface area contributed by atoms with Crippen LogP contribution in [0, 0.1) is 0 Å². The average Bonchev–Trinajstić information content (AvgIpc) is 3.30. The third kappa shape index (κ3) is 3.81. The van der Waals surface area contributed by atoms with E-state index >= 15 is 0 Å². The third-order valence-corrected chi connectivity index (χ3v) is 8.90. The number of aliphatic hydroxyl groups is 1. The molecular weight excluding hydrogens is 518 g/mol. The monoisotopic (exact) mass is 549 g/mol. The van der Waals surface area contributed by atoms with E-state index in [-0.39, 0.29) is 25.3 Å². The number of likely N-dealkylation sites (N-methyl/N-ethyl adjacent to an activating group) is 1. The van der Waals surface area contributed by atoms with E-state index in [1.165, 1.54) is 0 Å². The molecular formula is C30H31NO9. The molecule has 10 heteroatoms. The van der Waals surface area contributed by atoms with Crippen molar-refractivity contribution in [1.82, 2.24) is 4.90 Å². The van der Waals surface area contributed by atoms with Gasteiger partial charge in [-0.3, -0.25) is 9.59 Å². The molecule has 2 aliphatic carbocycles. The summed E-state index contributed by atoms with van der Waals surface area (Å²) in [5.41, 5.74) is 0.394. The molecule has 0 amide bonds. The Hall–Kier alpha value is -3.89. The minimum Gasteiger partial charge on any atom is -0.493 e. The number of carbonyl (C=O) groups excluding carboxylic acids is 2. The Labute approximate surface area is 231 Å². The van der Waals surface area contributed by atoms with Gasteiger partial charge < -0.3 is 34.1 Å². The highest BCUT2D eigenvalue weighted by Crippen LogP contribution is 2.65. The van der Waals surface area contributed by atoms with E-state index < -0.39 is 41.1 Å². The van der Waals surface area contributed by atoms with Crippen LogP contribution in [0.4, 0.5) is 0 Å². The molecule has 0 unspecified atom stereocenters. The van der Waals surface area contributed by atoms with Gasteiger partial charge in [0.2, 0.25) is 6.10 Å². The zero-order valence-electron chi connectivity index (χ0n) is 22.3. The first kappa shape index (κ1) is 26.3. The second-order valence-electron chi connectivity index (χ2n) is 10.9. The van der Waals surface area contributed by atoms with E-state index in [4.69, 9.17) is 18.9 Å². The molecule has 2 heterocycles. The Bertz CT molecular complexity index is 1410. The van der Waals surface area contributed by atoms with Gasteiger partial charge in [0.25, 0.3) is 0 Å². The third-order valence-electron chi connectivity index (χ3n) is 8.90. The van der Waals surface area contributed by atoms with Gasteiger partial charge in [-0.05, 0) is 44.1 Å². The summed E-state index contributed by atoms with van der Waals surface area (Å²) in [6.45, 7) is 0.738. The Balaban J connectivity index is 1.20. The lowest BCUT2D eigenvalue weighted by atomic mass is 9.50. The first-order valence-corrected chi connectivity index (χ1v) is 13.4. The highest BCUT2D eigenvalue weighted by molar-refractivity contribution is 5.82. The van der Waals surface area contributed by atoms with Crippen LogP contribution >= 0.6 is 0 Å². The summed E-state index contributed by atoms with van der Waals surface area (Å²) in [6, 6.07) is 11.9. The molecule has 2 aromatic carbocycles. The van der Waals surface area contributed by atoms with Crippen LogP contribution in [0.5, 0.6) is 11.5 Å². The number of esters is 2. The number of methoxy groups -OCH3 is 1. The molecule has 1 saturated heterocycles. The molecule has 40 heavy (non-hydrogen) atoms. The van der Waals surface area contributed by atoms with Crippen molar-refractivity contribution in [2.24, 2.45) is 0 Å². The van der Waals surface area contributed by atoms with E-state index in [9.17, 15) is 24.6 Å². The van der Waals surface area contributed by atoms with Crippen LogP contribution < -0.4 is 9.47 Å². The number of rotatable bonds is 8. The highest BCUT2D eigenvalue weighted by atomic mass is 16.6. The molecule has 210 valence electrons. The maximum atomic E-state index is 12.9. The van der Waals surface area contributed by atoms with Gasteiger partial charge in [0.15, 0.2) is 17.6 Å². The summed E-state index contributed by atoms with van der Waals surface area (Å²) in [5.74, 6) is -1.39. The van der Waals surface area contributed by atoms with Gasteiger partial charge in [-0.2, -0.15) is 0 Å². The summed E-state index contributed by atoms with van der Waals surface area (Å²) in [5, 5.41) is 21.7. The Morgan fingerprint density at radius 3 is 2.60 bits per heavy atom. The van der Waals surface area contributed by atoms with E-state index in [0.29, 0.717) is 35.7 Å². The molecule has 2 bridgehead atoms. The molecule has 2 aromatic rings. The summed E-state index contributed by atoms with van der Waals surface area (Å²) in [4.78, 5) is 39.2. The molecule has 4 aliphatic rings. The zero-order chi connectivity index (χ0) is 28.2. The van der Waals surface area contributed by atoms with Gasteiger partial charge in [0.05, 0.1) is 31.0 Å². The summed E-state index contributed by atoms with van der Waals surface area (Å²) < 4.78 is 23.0. The summed E-state index contributed by atoms with van der Waals surface area (Å²) in [6.07, 6.45) is 0.389. The van der Waals surface area contributed by atoms with E-state index in [2.05, 4.69) is 4.90 Å². The van der Waals surface area contributed by atoms with Crippen molar-refractivity contribution in [3.8, 4) is 11.5 Å². The minimum absolute atomic E-state index is 0.130. The lowest BCUT2D eigenvalue weighted by Gasteiger charge is -2.61. The Morgan fingerprint density at radius 2 is 1.88 bits per heavy atom. The van der Waals surface area contributed by atoms with Gasteiger partial charge in [-0.1, -0.05) is 36.4 Å². The van der Waals surface area contributed by atoms with Gasteiger partial charge in [-0.15, -0.1) is 0 Å². The van der Waals surface area contributed by atoms with Crippen LogP contribution in [-0.4, -0.2) is 71.5 Å². The summed E-state index contributed by atoms with van der Waals surface area (Å²) >= 11 is 0. The predicted octanol–water partition coefficient (Wildman–Crippen LogP) is 2.67. The van der Waals surface area contributed by atoms with Crippen molar-refractivity contribution < 1.29 is 43.5 Å². The van der Waals surface area contributed by atoms with Crippen LogP contribution in [0.25, 0.3) is 0 Å². The van der Waals surface area contributed by atoms with E-state index in [1.807, 2.05) is 19.2 Å². The number of hydrogen-bond acceptors (Lipinski definition) is 9. The lowest BCUT2D eigenvalue weighted by molar-refractivity contribution is -0.170. The maximum Gasteiger partial charge on any atom is 0.349 e. The molecule has 1 fully saturated rings. The average molecular weight is 550 g/mol. The van der Waals surface area contributed by atoms with Gasteiger partial charge in [0.1, 0.15) is 5.76 Å². The number of ether oxygens (including phenoxy) is 4. The molecule has 10 nitrogen and oxygen atoms in total. The standard InChI is InChI=1S/C30H31NO9/c1-31-15-14-29-24-18-8-9-19(37-2)26(24)40-27(29)20(12-13-30(29,36)21(31)16-18)38-22(32)10-11-23(33)39-25(28(34)35)17-6-4-3-5-7-17/h3-9,12,21,25,27,36H,10-11,13-16H2,1-2H3,(H,34,35)/t21-,25-,27+,29+,30-/m0/s1. The predicted molar refractivity (Wildman–Crippen MR) is 140 cm³/mol. The number of piperidine rings is 1. The minimum atomic E-state index is -1.47. The molecule has 0 aromatic heterocycles. The van der Waals surface area contributed by atoms with Gasteiger partial charge in [0, 0.05) is 23.6 Å². The summed E-state index contributed by atoms with van der Waals surface area (Å²) in [7, 11) is 3.58. The normalized spacial score (nSPS) is 28.4. The number of benzene rings is 2. The zero-order valence-corrected chi connectivity index (χ0v) is 22.3. The van der Waals surface area contributed by atoms with E-state index in [1.54, 1.807) is 43.5 Å². The topological polar surface area (TPSA) is 132 Å². The number of aliphatic carboxylic acids is 1. The number of likely N-dealkylation sites (tertiary alicyclic amines) is 1. The number of carboxylic acids is 1. The number of carbonyl (C=O) groups is 3. The van der Waals surface area contributed by atoms with Crippen LogP contribution in [0.2, 0.25) is 0 Å². The van der Waals surface area contributed by atoms with Crippen LogP contribution in [0.15, 0.2) is 54.3 Å². The highest BCUT2D eigenvalue weighted by Gasteiger charge is 2.72. The number of nitrogens with zero attached hydrogens (tertiary/aromatic N) is 1. The van der Waals surface area contributed by atoms with Gasteiger partial charge >= 0.3 is 17.9 Å². The fraction of sp³-hybridized carbons (Fsp3) is 0.433. The SMILES string of the molecule is COc1ccc2c3c1O[C@@H]1C(OC(=O)CCC(=O)O[C@H](C(=O)O)c4ccccc4)=CC[C@]4(O)[C@H](C2)N(C)CC[C@@]314. The second-order valence-corrected chi connectivity index (χ2v) is 10.9. The fourth-order valence-electron chi connectivity index (χ4n) is 7.05. The largest absolute Gasteiger partial charge is 0.493 e. The quantitative estimate of drug-likeness (QED) is 0.474. The molecule has 6 rings (SSSR count). The van der Waals surface area contributed by atoms with Crippen molar-refractivity contribution >= 4 is 17.9 Å². The molecule has 0 saturated carbocycles. The molecule has 1 spiro atoms. The second kappa shape index (κ2) is 9.64.